The highest BCUT2D eigenvalue weighted by atomic mass is 32.2. The van der Waals surface area contributed by atoms with Gasteiger partial charge in [0.05, 0.1) is 0 Å². The quantitative estimate of drug-likeness (QED) is 0.800. The smallest absolute Gasteiger partial charge is 0.0405 e. The first-order chi connectivity index (χ1) is 8.42. The zero-order valence-electron chi connectivity index (χ0n) is 12.2. The molecule has 18 heavy (non-hydrogen) atoms. The highest BCUT2D eigenvalue weighted by molar-refractivity contribution is 7.99. The Bertz CT molecular complexity index is 357. The number of nitrogens with zero attached hydrogens (tertiary/aromatic N) is 1. The normalized spacial score (nSPS) is 13.9. The minimum atomic E-state index is 0.0723. The van der Waals surface area contributed by atoms with Crippen molar-refractivity contribution in [3.63, 3.8) is 0 Å². The molecule has 0 saturated carbocycles. The van der Waals surface area contributed by atoms with Crippen LogP contribution in [-0.4, -0.2) is 31.3 Å². The van der Waals surface area contributed by atoms with Crippen LogP contribution >= 0.6 is 11.8 Å². The molecule has 102 valence electrons. The molecule has 0 fully saturated rings. The fraction of sp³-hybridized carbons (Fsp3) is 0.600. The lowest BCUT2D eigenvalue weighted by atomic mass is 9.80. The van der Waals surface area contributed by atoms with Gasteiger partial charge in [0, 0.05) is 10.9 Å². The molecular weight excluding hydrogens is 240 g/mol. The molecule has 2 nitrogen and oxygen atoms in total. The van der Waals surface area contributed by atoms with Crippen LogP contribution in [0.2, 0.25) is 0 Å². The second-order valence-corrected chi connectivity index (χ2v) is 6.90. The molecular formula is C15H26N2S. The molecule has 1 aromatic carbocycles. The van der Waals surface area contributed by atoms with Crippen LogP contribution in [0.1, 0.15) is 32.4 Å². The van der Waals surface area contributed by atoms with E-state index in [-0.39, 0.29) is 5.41 Å². The van der Waals surface area contributed by atoms with E-state index in [9.17, 15) is 0 Å². The fourth-order valence-corrected chi connectivity index (χ4v) is 3.13. The second kappa shape index (κ2) is 6.60. The molecule has 1 unspecified atom stereocenters. The van der Waals surface area contributed by atoms with Gasteiger partial charge in [-0.15, -0.1) is 11.8 Å². The van der Waals surface area contributed by atoms with Crippen LogP contribution in [0.3, 0.4) is 0 Å². The lowest BCUT2D eigenvalue weighted by Gasteiger charge is -2.38. The average Bonchev–Trinajstić information content (AvgIpc) is 2.31. The van der Waals surface area contributed by atoms with Crippen molar-refractivity contribution in [1.82, 2.24) is 4.90 Å². The van der Waals surface area contributed by atoms with E-state index in [4.69, 9.17) is 5.73 Å². The van der Waals surface area contributed by atoms with Gasteiger partial charge in [0.1, 0.15) is 0 Å². The maximum atomic E-state index is 5.93. The van der Waals surface area contributed by atoms with Gasteiger partial charge in [0.15, 0.2) is 0 Å². The second-order valence-electron chi connectivity index (χ2n) is 5.56. The maximum absolute atomic E-state index is 5.93. The van der Waals surface area contributed by atoms with E-state index < -0.39 is 0 Å². The first-order valence-corrected chi connectivity index (χ1v) is 7.50. The summed E-state index contributed by atoms with van der Waals surface area (Å²) in [6.45, 7) is 7.32. The number of hydrogen-bond acceptors (Lipinski definition) is 3. The lowest BCUT2D eigenvalue weighted by molar-refractivity contribution is 0.143. The Balaban J connectivity index is 3.00. The molecule has 3 heteroatoms. The van der Waals surface area contributed by atoms with Crippen LogP contribution in [0.5, 0.6) is 0 Å². The molecule has 0 aliphatic carbocycles. The van der Waals surface area contributed by atoms with Gasteiger partial charge in [0.2, 0.25) is 0 Å². The standard InChI is InChI=1S/C15H26N2S/c1-6-18-13-9-7-12(8-10-13)14(17(4)5)15(2,3)11-16/h7-10,14H,6,11,16H2,1-5H3. The molecule has 0 spiro atoms. The Labute approximate surface area is 116 Å². The Hall–Kier alpha value is -0.510. The molecule has 0 amide bonds. The average molecular weight is 266 g/mol. The van der Waals surface area contributed by atoms with Crippen molar-refractivity contribution >= 4 is 11.8 Å². The summed E-state index contributed by atoms with van der Waals surface area (Å²) in [5.74, 6) is 1.12. The molecule has 2 N–H and O–H groups in total. The van der Waals surface area contributed by atoms with E-state index in [1.54, 1.807) is 0 Å². The predicted octanol–water partition coefficient (Wildman–Crippen LogP) is 3.39. The van der Waals surface area contributed by atoms with Gasteiger partial charge >= 0.3 is 0 Å². The van der Waals surface area contributed by atoms with Crippen molar-refractivity contribution in [2.45, 2.75) is 31.7 Å². The molecule has 0 bridgehead atoms. The Morgan fingerprint density at radius 2 is 1.78 bits per heavy atom. The number of nitrogens with two attached hydrogens (primary N) is 1. The number of rotatable bonds is 6. The van der Waals surface area contributed by atoms with Gasteiger partial charge in [-0.25, -0.2) is 0 Å². The van der Waals surface area contributed by atoms with Crippen molar-refractivity contribution in [2.24, 2.45) is 11.1 Å². The summed E-state index contributed by atoms with van der Waals surface area (Å²) >= 11 is 1.88. The minimum absolute atomic E-state index is 0.0723. The molecule has 0 aromatic heterocycles. The molecule has 0 saturated heterocycles. The van der Waals surface area contributed by atoms with Gasteiger partial charge in [-0.05, 0) is 49.5 Å². The first kappa shape index (κ1) is 15.5. The zero-order chi connectivity index (χ0) is 13.8. The van der Waals surface area contributed by atoms with Crippen LogP contribution in [-0.2, 0) is 0 Å². The van der Waals surface area contributed by atoms with E-state index >= 15 is 0 Å². The molecule has 1 rings (SSSR count). The Morgan fingerprint density at radius 3 is 2.17 bits per heavy atom. The van der Waals surface area contributed by atoms with E-state index in [1.807, 2.05) is 11.8 Å². The third-order valence-electron chi connectivity index (χ3n) is 3.29. The SMILES string of the molecule is CCSc1ccc(C(N(C)C)C(C)(C)CN)cc1. The molecule has 1 atom stereocenters. The van der Waals surface area contributed by atoms with Crippen molar-refractivity contribution in [2.75, 3.05) is 26.4 Å². The zero-order valence-corrected chi connectivity index (χ0v) is 13.1. The maximum Gasteiger partial charge on any atom is 0.0405 e. The van der Waals surface area contributed by atoms with Crippen LogP contribution in [0.25, 0.3) is 0 Å². The van der Waals surface area contributed by atoms with Crippen LogP contribution in [0, 0.1) is 5.41 Å². The number of hydrogen-bond donors (Lipinski definition) is 1. The third kappa shape index (κ3) is 3.74. The van der Waals surface area contributed by atoms with E-state index in [1.165, 1.54) is 10.5 Å². The van der Waals surface area contributed by atoms with Gasteiger partial charge in [-0.3, -0.25) is 0 Å². The van der Waals surface area contributed by atoms with E-state index in [2.05, 4.69) is 64.0 Å². The fourth-order valence-electron chi connectivity index (χ4n) is 2.47. The van der Waals surface area contributed by atoms with Gasteiger partial charge in [-0.1, -0.05) is 32.9 Å². The summed E-state index contributed by atoms with van der Waals surface area (Å²) in [6.07, 6.45) is 0. The summed E-state index contributed by atoms with van der Waals surface area (Å²) in [6, 6.07) is 9.25. The molecule has 0 heterocycles. The monoisotopic (exact) mass is 266 g/mol. The Morgan fingerprint density at radius 1 is 1.22 bits per heavy atom. The third-order valence-corrected chi connectivity index (χ3v) is 4.18. The van der Waals surface area contributed by atoms with Crippen molar-refractivity contribution in [3.8, 4) is 0 Å². The summed E-state index contributed by atoms with van der Waals surface area (Å²) in [4.78, 5) is 3.60. The summed E-state index contributed by atoms with van der Waals surface area (Å²) in [5.41, 5.74) is 7.34. The highest BCUT2D eigenvalue weighted by Gasteiger charge is 2.31. The summed E-state index contributed by atoms with van der Waals surface area (Å²) in [5, 5.41) is 0. The van der Waals surface area contributed by atoms with E-state index in [0.29, 0.717) is 12.6 Å². The largest absolute Gasteiger partial charge is 0.330 e. The topological polar surface area (TPSA) is 29.3 Å². The van der Waals surface area contributed by atoms with Gasteiger partial charge in [0.25, 0.3) is 0 Å². The number of thioether (sulfide) groups is 1. The molecule has 0 aliphatic heterocycles. The van der Waals surface area contributed by atoms with Gasteiger partial charge < -0.3 is 10.6 Å². The Kier molecular flexibility index (Phi) is 5.70. The highest BCUT2D eigenvalue weighted by Crippen LogP contribution is 2.36. The summed E-state index contributed by atoms with van der Waals surface area (Å²) < 4.78 is 0. The van der Waals surface area contributed by atoms with Crippen LogP contribution in [0.4, 0.5) is 0 Å². The minimum Gasteiger partial charge on any atom is -0.330 e. The molecule has 1 aromatic rings. The predicted molar refractivity (Wildman–Crippen MR) is 82.1 cm³/mol. The molecule has 0 aliphatic rings. The van der Waals surface area contributed by atoms with Gasteiger partial charge in [-0.2, -0.15) is 0 Å². The lowest BCUT2D eigenvalue weighted by Crippen LogP contribution is -2.38. The molecule has 0 radical (unpaired) electrons. The summed E-state index contributed by atoms with van der Waals surface area (Å²) in [7, 11) is 4.24. The van der Waals surface area contributed by atoms with E-state index in [0.717, 1.165) is 5.75 Å². The van der Waals surface area contributed by atoms with Crippen molar-refractivity contribution in [1.29, 1.82) is 0 Å². The van der Waals surface area contributed by atoms with Crippen LogP contribution < -0.4 is 5.73 Å². The van der Waals surface area contributed by atoms with Crippen molar-refractivity contribution < 1.29 is 0 Å². The first-order valence-electron chi connectivity index (χ1n) is 6.51. The van der Waals surface area contributed by atoms with Crippen molar-refractivity contribution in [3.05, 3.63) is 29.8 Å². The van der Waals surface area contributed by atoms with Crippen LogP contribution in [0.15, 0.2) is 29.2 Å². The number of benzene rings is 1.